The lowest BCUT2D eigenvalue weighted by Gasteiger charge is -2.37. The van der Waals surface area contributed by atoms with Crippen molar-refractivity contribution in [3.05, 3.63) is 52.2 Å². The van der Waals surface area contributed by atoms with Crippen molar-refractivity contribution < 1.29 is 19.1 Å². The van der Waals surface area contributed by atoms with Gasteiger partial charge in [0.15, 0.2) is 0 Å². The topological polar surface area (TPSA) is 59.1 Å². The fraction of sp³-hybridized carbons (Fsp3) is 0.478. The molecule has 6 nitrogen and oxygen atoms in total. The molecule has 1 fully saturated rings. The summed E-state index contributed by atoms with van der Waals surface area (Å²) in [4.78, 5) is 30.7. The van der Waals surface area contributed by atoms with Crippen LogP contribution in [-0.4, -0.2) is 61.6 Å². The highest BCUT2D eigenvalue weighted by Crippen LogP contribution is 2.34. The Balaban J connectivity index is 1.48. The zero-order valence-corrected chi connectivity index (χ0v) is 18.1. The molecule has 1 aliphatic carbocycles. The first-order valence-corrected chi connectivity index (χ1v) is 11.3. The van der Waals surface area contributed by atoms with Crippen LogP contribution in [0.3, 0.4) is 0 Å². The summed E-state index contributed by atoms with van der Waals surface area (Å²) < 4.78 is 11.1. The number of nitrogens with zero attached hydrogens (tertiary/aromatic N) is 2. The second-order valence-corrected chi connectivity index (χ2v) is 8.93. The molecule has 1 aromatic heterocycles. The number of carbonyl (C=O) groups excluding carboxylic acids is 2. The maximum Gasteiger partial charge on any atom is 0.249 e. The van der Waals surface area contributed by atoms with E-state index < -0.39 is 0 Å². The van der Waals surface area contributed by atoms with Gasteiger partial charge >= 0.3 is 0 Å². The molecule has 2 aliphatic rings. The lowest BCUT2D eigenvalue weighted by molar-refractivity contribution is -0.144. The molecule has 7 heteroatoms. The monoisotopic (exact) mass is 428 g/mol. The number of ether oxygens (including phenoxy) is 2. The van der Waals surface area contributed by atoms with Crippen LogP contribution in [-0.2, 0) is 20.7 Å². The van der Waals surface area contributed by atoms with Gasteiger partial charge in [-0.3, -0.25) is 9.59 Å². The average Bonchev–Trinajstić information content (AvgIpc) is 3.45. The molecule has 0 spiro atoms. The molecule has 1 atom stereocenters. The van der Waals surface area contributed by atoms with Crippen LogP contribution < -0.4 is 4.74 Å². The lowest BCUT2D eigenvalue weighted by Crippen LogP contribution is -2.48. The molecule has 1 saturated carbocycles. The Morgan fingerprint density at radius 3 is 2.73 bits per heavy atom. The summed E-state index contributed by atoms with van der Waals surface area (Å²) in [5.41, 5.74) is 1.16. The fourth-order valence-corrected chi connectivity index (χ4v) is 4.83. The quantitative estimate of drug-likeness (QED) is 0.616. The number of methoxy groups -OCH3 is 1. The normalized spacial score (nSPS) is 18.0. The summed E-state index contributed by atoms with van der Waals surface area (Å²) in [6, 6.07) is 11.6. The van der Waals surface area contributed by atoms with Gasteiger partial charge in [-0.25, -0.2) is 0 Å². The lowest BCUT2D eigenvalue weighted by atomic mass is 10.0. The number of carbonyl (C=O) groups is 2. The van der Waals surface area contributed by atoms with Crippen molar-refractivity contribution in [3.8, 4) is 5.75 Å². The van der Waals surface area contributed by atoms with Crippen molar-refractivity contribution in [2.45, 2.75) is 25.3 Å². The third kappa shape index (κ3) is 5.02. The van der Waals surface area contributed by atoms with Crippen molar-refractivity contribution in [1.29, 1.82) is 0 Å². The van der Waals surface area contributed by atoms with E-state index in [4.69, 9.17) is 9.47 Å². The molecular weight excluding hydrogens is 400 g/mol. The Hall–Kier alpha value is -2.38. The number of hydrogen-bond acceptors (Lipinski definition) is 5. The molecule has 1 aliphatic heterocycles. The summed E-state index contributed by atoms with van der Waals surface area (Å²) in [7, 11) is 1.51. The van der Waals surface area contributed by atoms with E-state index >= 15 is 0 Å². The number of fused-ring (bicyclic) bond motifs is 1. The van der Waals surface area contributed by atoms with Gasteiger partial charge in [-0.2, -0.15) is 0 Å². The molecule has 0 bridgehead atoms. The van der Waals surface area contributed by atoms with Crippen LogP contribution in [0, 0.1) is 5.92 Å². The number of thiophene rings is 1. The van der Waals surface area contributed by atoms with Crippen LogP contribution >= 0.6 is 11.3 Å². The van der Waals surface area contributed by atoms with Crippen LogP contribution in [0.5, 0.6) is 5.75 Å². The van der Waals surface area contributed by atoms with Crippen LogP contribution in [0.1, 0.15) is 29.3 Å². The number of amides is 2. The third-order valence-corrected chi connectivity index (χ3v) is 6.68. The predicted octanol–water partition coefficient (Wildman–Crippen LogP) is 3.14. The fourth-order valence-electron chi connectivity index (χ4n) is 3.90. The van der Waals surface area contributed by atoms with Gasteiger partial charge < -0.3 is 19.3 Å². The van der Waals surface area contributed by atoms with E-state index in [0.29, 0.717) is 25.6 Å². The Kier molecular flexibility index (Phi) is 6.69. The van der Waals surface area contributed by atoms with E-state index in [0.717, 1.165) is 30.6 Å². The van der Waals surface area contributed by atoms with Crippen LogP contribution in [0.25, 0.3) is 0 Å². The van der Waals surface area contributed by atoms with E-state index in [9.17, 15) is 9.59 Å². The molecule has 0 unspecified atom stereocenters. The number of rotatable bonds is 9. The van der Waals surface area contributed by atoms with E-state index in [1.54, 1.807) is 16.2 Å². The third-order valence-electron chi connectivity index (χ3n) is 5.69. The van der Waals surface area contributed by atoms with E-state index in [-0.39, 0.29) is 31.0 Å². The molecular formula is C23H28N2O4S. The zero-order valence-electron chi connectivity index (χ0n) is 17.3. The first kappa shape index (κ1) is 20.9. The predicted molar refractivity (Wildman–Crippen MR) is 116 cm³/mol. The summed E-state index contributed by atoms with van der Waals surface area (Å²) in [5.74, 6) is 1.15. The van der Waals surface area contributed by atoms with Gasteiger partial charge in [0.05, 0.1) is 12.6 Å². The highest BCUT2D eigenvalue weighted by molar-refractivity contribution is 7.10. The minimum Gasteiger partial charge on any atom is -0.491 e. The van der Waals surface area contributed by atoms with Gasteiger partial charge in [0.25, 0.3) is 0 Å². The molecule has 0 radical (unpaired) electrons. The number of hydrogen-bond donors (Lipinski definition) is 0. The first-order chi connectivity index (χ1) is 14.7. The van der Waals surface area contributed by atoms with Gasteiger partial charge in [0.1, 0.15) is 19.0 Å². The molecule has 30 heavy (non-hydrogen) atoms. The summed E-state index contributed by atoms with van der Waals surface area (Å²) >= 11 is 1.73. The van der Waals surface area contributed by atoms with Gasteiger partial charge in [0, 0.05) is 25.1 Å². The highest BCUT2D eigenvalue weighted by atomic mass is 32.1. The minimum absolute atomic E-state index is 0.00915. The number of benzene rings is 1. The first-order valence-electron chi connectivity index (χ1n) is 10.5. The Labute approximate surface area is 181 Å². The molecule has 2 heterocycles. The van der Waals surface area contributed by atoms with Crippen molar-refractivity contribution >= 4 is 23.2 Å². The zero-order chi connectivity index (χ0) is 20.9. The SMILES string of the molecule is COCC(=O)N(CC(=O)N1CCc2sccc2[C@@H]1COc1ccccc1)CC1CC1. The van der Waals surface area contributed by atoms with Crippen LogP contribution in [0.2, 0.25) is 0 Å². The van der Waals surface area contributed by atoms with E-state index in [1.807, 2.05) is 35.2 Å². The smallest absolute Gasteiger partial charge is 0.249 e. The summed E-state index contributed by atoms with van der Waals surface area (Å²) in [5, 5.41) is 2.08. The van der Waals surface area contributed by atoms with Crippen molar-refractivity contribution in [1.82, 2.24) is 9.80 Å². The van der Waals surface area contributed by atoms with Crippen molar-refractivity contribution in [2.75, 3.05) is 40.0 Å². The summed E-state index contributed by atoms with van der Waals surface area (Å²) in [6.45, 7) is 1.78. The molecule has 4 rings (SSSR count). The molecule has 1 aromatic carbocycles. The standard InChI is InChI=1S/C23H28N2O4S/c1-28-16-23(27)24(13-17-7-8-17)14-22(26)25-11-9-21-19(10-12-30-21)20(25)15-29-18-5-3-2-4-6-18/h2-6,10,12,17,20H,7-9,11,13-16H2,1H3/t20-/m0/s1. The van der Waals surface area contributed by atoms with Gasteiger partial charge in [-0.05, 0) is 54.3 Å². The van der Waals surface area contributed by atoms with Gasteiger partial charge in [-0.15, -0.1) is 11.3 Å². The van der Waals surface area contributed by atoms with Crippen LogP contribution in [0.15, 0.2) is 41.8 Å². The molecule has 2 aromatic rings. The van der Waals surface area contributed by atoms with E-state index in [2.05, 4.69) is 11.4 Å². The Morgan fingerprint density at radius 2 is 2.00 bits per heavy atom. The molecule has 0 N–H and O–H groups in total. The van der Waals surface area contributed by atoms with Crippen molar-refractivity contribution in [2.24, 2.45) is 5.92 Å². The second kappa shape index (κ2) is 9.62. The number of para-hydroxylation sites is 1. The highest BCUT2D eigenvalue weighted by Gasteiger charge is 2.34. The maximum absolute atomic E-state index is 13.3. The Bertz CT molecular complexity index is 865. The van der Waals surface area contributed by atoms with E-state index in [1.165, 1.54) is 12.0 Å². The van der Waals surface area contributed by atoms with Gasteiger partial charge in [0.2, 0.25) is 11.8 Å². The second-order valence-electron chi connectivity index (χ2n) is 7.93. The maximum atomic E-state index is 13.3. The molecule has 160 valence electrons. The summed E-state index contributed by atoms with van der Waals surface area (Å²) in [6.07, 6.45) is 3.09. The largest absolute Gasteiger partial charge is 0.491 e. The molecule has 0 saturated heterocycles. The Morgan fingerprint density at radius 1 is 1.20 bits per heavy atom. The average molecular weight is 429 g/mol. The van der Waals surface area contributed by atoms with Gasteiger partial charge in [-0.1, -0.05) is 18.2 Å². The molecule has 2 amide bonds. The van der Waals surface area contributed by atoms with Crippen molar-refractivity contribution in [3.63, 3.8) is 0 Å². The minimum atomic E-state index is -0.145. The van der Waals surface area contributed by atoms with Crippen LogP contribution in [0.4, 0.5) is 0 Å².